The van der Waals surface area contributed by atoms with Crippen LogP contribution in [0, 0.1) is 12.7 Å². The van der Waals surface area contributed by atoms with E-state index in [0.29, 0.717) is 13.0 Å². The van der Waals surface area contributed by atoms with Gasteiger partial charge in [-0.05, 0) is 50.5 Å². The molecule has 2 atom stereocenters. The molecular formula is C16H21FN2O2. The minimum atomic E-state index is -0.864. The average molecular weight is 292 g/mol. The Balaban J connectivity index is 2.31. The third-order valence-corrected chi connectivity index (χ3v) is 4.33. The summed E-state index contributed by atoms with van der Waals surface area (Å²) >= 11 is 0. The lowest BCUT2D eigenvalue weighted by molar-refractivity contribution is -0.154. The van der Waals surface area contributed by atoms with Gasteiger partial charge in [0.1, 0.15) is 17.4 Å². The zero-order valence-electron chi connectivity index (χ0n) is 12.9. The second-order valence-corrected chi connectivity index (χ2v) is 5.85. The van der Waals surface area contributed by atoms with Crippen molar-refractivity contribution in [2.45, 2.75) is 52.2 Å². The number of halogens is 1. The number of benzene rings is 1. The van der Waals surface area contributed by atoms with Gasteiger partial charge >= 0.3 is 0 Å². The van der Waals surface area contributed by atoms with Crippen LogP contribution in [0.4, 0.5) is 4.39 Å². The predicted octanol–water partition coefficient (Wildman–Crippen LogP) is 2.15. The van der Waals surface area contributed by atoms with E-state index in [2.05, 4.69) is 5.32 Å². The Morgan fingerprint density at radius 3 is 2.62 bits per heavy atom. The number of hydrogen-bond donors (Lipinski definition) is 1. The minimum Gasteiger partial charge on any atom is -0.340 e. The standard InChI is InChI=1S/C16H21FN2O2/c1-5-16(4)15(21)19(11(3)14(20)18-16)9-12-6-7-13(17)8-10(12)2/h6-8,11H,5,9H2,1-4H3,(H,18,20). The zero-order valence-corrected chi connectivity index (χ0v) is 12.9. The molecule has 1 heterocycles. The fourth-order valence-electron chi connectivity index (χ4n) is 2.53. The van der Waals surface area contributed by atoms with Crippen molar-refractivity contribution in [1.82, 2.24) is 10.2 Å². The van der Waals surface area contributed by atoms with Gasteiger partial charge in [0.05, 0.1) is 0 Å². The van der Waals surface area contributed by atoms with Gasteiger partial charge in [-0.15, -0.1) is 0 Å². The molecule has 1 aromatic carbocycles. The lowest BCUT2D eigenvalue weighted by atomic mass is 9.91. The van der Waals surface area contributed by atoms with Crippen molar-refractivity contribution in [2.24, 2.45) is 0 Å². The number of piperazine rings is 1. The number of amides is 2. The van der Waals surface area contributed by atoms with Crippen molar-refractivity contribution < 1.29 is 14.0 Å². The maximum atomic E-state index is 13.2. The third kappa shape index (κ3) is 2.77. The smallest absolute Gasteiger partial charge is 0.248 e. The first kappa shape index (κ1) is 15.5. The molecule has 1 aromatic rings. The zero-order chi connectivity index (χ0) is 15.8. The van der Waals surface area contributed by atoms with E-state index < -0.39 is 11.6 Å². The molecule has 4 nitrogen and oxygen atoms in total. The minimum absolute atomic E-state index is 0.0965. The summed E-state index contributed by atoms with van der Waals surface area (Å²) in [4.78, 5) is 26.3. The number of rotatable bonds is 3. The molecule has 0 aromatic heterocycles. The summed E-state index contributed by atoms with van der Waals surface area (Å²) in [5.74, 6) is -0.551. The van der Waals surface area contributed by atoms with Crippen LogP contribution in [0.15, 0.2) is 18.2 Å². The van der Waals surface area contributed by atoms with Gasteiger partial charge in [0.25, 0.3) is 0 Å². The molecule has 114 valence electrons. The molecule has 1 N–H and O–H groups in total. The van der Waals surface area contributed by atoms with Crippen molar-refractivity contribution in [2.75, 3.05) is 0 Å². The molecule has 0 bridgehead atoms. The highest BCUT2D eigenvalue weighted by molar-refractivity contribution is 5.99. The first-order valence-electron chi connectivity index (χ1n) is 7.16. The quantitative estimate of drug-likeness (QED) is 0.928. The number of carbonyl (C=O) groups is 2. The van der Waals surface area contributed by atoms with E-state index in [0.717, 1.165) is 11.1 Å². The molecule has 0 saturated carbocycles. The van der Waals surface area contributed by atoms with Gasteiger partial charge in [-0.25, -0.2) is 4.39 Å². The van der Waals surface area contributed by atoms with Crippen LogP contribution in [-0.2, 0) is 16.1 Å². The summed E-state index contributed by atoms with van der Waals surface area (Å²) in [5.41, 5.74) is 0.765. The first-order chi connectivity index (χ1) is 9.78. The van der Waals surface area contributed by atoms with Crippen molar-refractivity contribution in [3.8, 4) is 0 Å². The summed E-state index contributed by atoms with van der Waals surface area (Å²) in [5, 5.41) is 2.79. The Morgan fingerprint density at radius 1 is 1.38 bits per heavy atom. The van der Waals surface area contributed by atoms with Crippen LogP contribution in [-0.4, -0.2) is 28.3 Å². The number of hydrogen-bond acceptors (Lipinski definition) is 2. The fraction of sp³-hybridized carbons (Fsp3) is 0.500. The van der Waals surface area contributed by atoms with Gasteiger partial charge in [-0.2, -0.15) is 0 Å². The van der Waals surface area contributed by atoms with E-state index in [-0.39, 0.29) is 17.6 Å². The number of nitrogens with one attached hydrogen (secondary N) is 1. The summed E-state index contributed by atoms with van der Waals surface area (Å²) in [6.45, 7) is 7.44. The highest BCUT2D eigenvalue weighted by Gasteiger charge is 2.45. The number of nitrogens with zero attached hydrogens (tertiary/aromatic N) is 1. The van der Waals surface area contributed by atoms with E-state index in [1.165, 1.54) is 12.1 Å². The molecule has 0 aliphatic carbocycles. The van der Waals surface area contributed by atoms with Gasteiger partial charge in [0, 0.05) is 6.54 Å². The van der Waals surface area contributed by atoms with Gasteiger partial charge in [0.2, 0.25) is 11.8 Å². The maximum absolute atomic E-state index is 13.2. The van der Waals surface area contributed by atoms with Crippen LogP contribution in [0.5, 0.6) is 0 Å². The molecule has 1 fully saturated rings. The molecule has 5 heteroatoms. The lowest BCUT2D eigenvalue weighted by Gasteiger charge is -2.43. The normalized spacial score (nSPS) is 26.0. The Labute approximate surface area is 124 Å². The number of aryl methyl sites for hydroxylation is 1. The summed E-state index contributed by atoms with van der Waals surface area (Å²) in [6.07, 6.45) is 0.531. The SMILES string of the molecule is CCC1(C)NC(=O)C(C)N(Cc2ccc(F)cc2C)C1=O. The molecule has 2 rings (SSSR count). The van der Waals surface area contributed by atoms with Gasteiger partial charge in [-0.1, -0.05) is 13.0 Å². The van der Waals surface area contributed by atoms with E-state index in [1.54, 1.807) is 31.7 Å². The van der Waals surface area contributed by atoms with E-state index in [4.69, 9.17) is 0 Å². The van der Waals surface area contributed by atoms with Gasteiger partial charge < -0.3 is 10.2 Å². The molecule has 1 saturated heterocycles. The second kappa shape index (κ2) is 5.47. The van der Waals surface area contributed by atoms with Crippen molar-refractivity contribution >= 4 is 11.8 Å². The maximum Gasteiger partial charge on any atom is 0.248 e. The second-order valence-electron chi connectivity index (χ2n) is 5.85. The van der Waals surface area contributed by atoms with Crippen LogP contribution in [0.3, 0.4) is 0 Å². The van der Waals surface area contributed by atoms with Crippen LogP contribution >= 0.6 is 0 Å². The lowest BCUT2D eigenvalue weighted by Crippen LogP contribution is -2.68. The van der Waals surface area contributed by atoms with Gasteiger partial charge in [0.15, 0.2) is 0 Å². The van der Waals surface area contributed by atoms with Crippen LogP contribution < -0.4 is 5.32 Å². The Kier molecular flexibility index (Phi) is 4.03. The van der Waals surface area contributed by atoms with Crippen LogP contribution in [0.2, 0.25) is 0 Å². The molecule has 0 spiro atoms. The molecule has 0 radical (unpaired) electrons. The van der Waals surface area contributed by atoms with Crippen LogP contribution in [0.1, 0.15) is 38.3 Å². The van der Waals surface area contributed by atoms with Crippen molar-refractivity contribution in [1.29, 1.82) is 0 Å². The highest BCUT2D eigenvalue weighted by Crippen LogP contribution is 2.24. The summed E-state index contributed by atoms with van der Waals surface area (Å²) < 4.78 is 13.2. The molecular weight excluding hydrogens is 271 g/mol. The van der Waals surface area contributed by atoms with Gasteiger partial charge in [-0.3, -0.25) is 9.59 Å². The van der Waals surface area contributed by atoms with Crippen molar-refractivity contribution in [3.05, 3.63) is 35.1 Å². The molecule has 2 amide bonds. The van der Waals surface area contributed by atoms with Crippen LogP contribution in [0.25, 0.3) is 0 Å². The average Bonchev–Trinajstić information content (AvgIpc) is 2.43. The first-order valence-corrected chi connectivity index (χ1v) is 7.16. The van der Waals surface area contributed by atoms with E-state index in [1.807, 2.05) is 6.92 Å². The molecule has 21 heavy (non-hydrogen) atoms. The van der Waals surface area contributed by atoms with Crippen molar-refractivity contribution in [3.63, 3.8) is 0 Å². The Bertz CT molecular complexity index is 588. The predicted molar refractivity (Wildman–Crippen MR) is 78.0 cm³/mol. The summed E-state index contributed by atoms with van der Waals surface area (Å²) in [7, 11) is 0. The third-order valence-electron chi connectivity index (χ3n) is 4.33. The monoisotopic (exact) mass is 292 g/mol. The topological polar surface area (TPSA) is 49.4 Å². The number of carbonyl (C=O) groups excluding carboxylic acids is 2. The van der Waals surface area contributed by atoms with E-state index >= 15 is 0 Å². The largest absolute Gasteiger partial charge is 0.340 e. The van der Waals surface area contributed by atoms with E-state index in [9.17, 15) is 14.0 Å². The Morgan fingerprint density at radius 2 is 2.05 bits per heavy atom. The molecule has 2 unspecified atom stereocenters. The fourth-order valence-corrected chi connectivity index (χ4v) is 2.53. The Hall–Kier alpha value is -1.91. The molecule has 1 aliphatic rings. The molecule has 1 aliphatic heterocycles. The highest BCUT2D eigenvalue weighted by atomic mass is 19.1. The summed E-state index contributed by atoms with van der Waals surface area (Å²) in [6, 6.07) is 3.95.